The number of ether oxygens (including phenoxy) is 1. The van der Waals surface area contributed by atoms with Crippen LogP contribution in [0.15, 0.2) is 69.8 Å². The average Bonchev–Trinajstić information content (AvgIpc) is 3.23. The molecule has 0 aromatic carbocycles. The smallest absolute Gasteiger partial charge is 0.272 e. The molecule has 0 saturated carbocycles. The number of aliphatic imine (C=N–C) groups is 2. The summed E-state index contributed by atoms with van der Waals surface area (Å²) in [6.45, 7) is 14.3. The molecule has 4 aliphatic rings. The third-order valence-corrected chi connectivity index (χ3v) is 8.44. The molecule has 1 aromatic rings. The van der Waals surface area contributed by atoms with Gasteiger partial charge in [-0.25, -0.2) is 9.98 Å². The van der Waals surface area contributed by atoms with Gasteiger partial charge in [-0.2, -0.15) is 0 Å². The first-order valence-electron chi connectivity index (χ1n) is 14.4. The fraction of sp³-hybridized carbons (Fsp3) is 0.500. The van der Waals surface area contributed by atoms with Crippen molar-refractivity contribution in [2.75, 3.05) is 32.8 Å². The number of allylic oxidation sites excluding steroid dienone is 4. The molecule has 0 radical (unpaired) electrons. The fourth-order valence-electron chi connectivity index (χ4n) is 6.23. The van der Waals surface area contributed by atoms with Crippen LogP contribution in [0.1, 0.15) is 69.1 Å². The summed E-state index contributed by atoms with van der Waals surface area (Å²) in [6.07, 6.45) is 13.6. The van der Waals surface area contributed by atoms with Crippen molar-refractivity contribution < 1.29 is 9.53 Å². The zero-order valence-electron chi connectivity index (χ0n) is 23.6. The van der Waals surface area contributed by atoms with Crippen molar-refractivity contribution in [2.24, 2.45) is 15.9 Å². The highest BCUT2D eigenvalue weighted by Crippen LogP contribution is 2.29. The predicted molar refractivity (Wildman–Crippen MR) is 158 cm³/mol. The van der Waals surface area contributed by atoms with Gasteiger partial charge in [0.25, 0.3) is 5.91 Å². The number of carbonyl (C=O) groups is 1. The Balaban J connectivity index is 1.28. The fourth-order valence-corrected chi connectivity index (χ4v) is 6.23. The molecular formula is C32H41N5O2. The molecule has 7 nitrogen and oxygen atoms in total. The van der Waals surface area contributed by atoms with Crippen molar-refractivity contribution in [3.05, 3.63) is 71.2 Å². The number of pyridine rings is 1. The second kappa shape index (κ2) is 12.2. The van der Waals surface area contributed by atoms with Crippen molar-refractivity contribution in [1.82, 2.24) is 14.8 Å². The predicted octanol–water partition coefficient (Wildman–Crippen LogP) is 5.48. The molecule has 4 heterocycles. The number of amidine groups is 1. The van der Waals surface area contributed by atoms with Gasteiger partial charge in [0.15, 0.2) is 5.84 Å². The van der Waals surface area contributed by atoms with Gasteiger partial charge in [-0.05, 0) is 63.7 Å². The molecule has 5 rings (SSSR count). The van der Waals surface area contributed by atoms with Gasteiger partial charge in [0.05, 0.1) is 30.6 Å². The maximum Gasteiger partial charge on any atom is 0.272 e. The van der Waals surface area contributed by atoms with E-state index in [0.29, 0.717) is 37.9 Å². The van der Waals surface area contributed by atoms with Crippen molar-refractivity contribution >= 4 is 23.5 Å². The van der Waals surface area contributed by atoms with E-state index in [9.17, 15) is 4.79 Å². The summed E-state index contributed by atoms with van der Waals surface area (Å²) in [5.74, 6) is 1.05. The lowest BCUT2D eigenvalue weighted by Gasteiger charge is -2.47. The molecule has 1 amide bonds. The van der Waals surface area contributed by atoms with Crippen molar-refractivity contribution in [3.63, 3.8) is 0 Å². The van der Waals surface area contributed by atoms with Gasteiger partial charge in [0, 0.05) is 37.8 Å². The number of hydrogen-bond acceptors (Lipinski definition) is 6. The summed E-state index contributed by atoms with van der Waals surface area (Å²) in [5.41, 5.74) is 6.17. The van der Waals surface area contributed by atoms with Crippen LogP contribution in [0.4, 0.5) is 0 Å². The van der Waals surface area contributed by atoms with Gasteiger partial charge in [-0.3, -0.25) is 9.79 Å². The Kier molecular flexibility index (Phi) is 8.56. The van der Waals surface area contributed by atoms with E-state index in [1.165, 1.54) is 11.1 Å². The Morgan fingerprint density at radius 1 is 1.18 bits per heavy atom. The first-order chi connectivity index (χ1) is 19.0. The Labute approximate surface area is 232 Å². The van der Waals surface area contributed by atoms with Gasteiger partial charge in [0.2, 0.25) is 0 Å². The van der Waals surface area contributed by atoms with E-state index in [4.69, 9.17) is 19.7 Å². The monoisotopic (exact) mass is 527 g/mol. The summed E-state index contributed by atoms with van der Waals surface area (Å²) < 4.78 is 5.44. The zero-order valence-corrected chi connectivity index (χ0v) is 23.6. The molecule has 3 atom stereocenters. The maximum absolute atomic E-state index is 13.7. The minimum atomic E-state index is -0.00811. The van der Waals surface area contributed by atoms with Gasteiger partial charge >= 0.3 is 0 Å². The highest BCUT2D eigenvalue weighted by molar-refractivity contribution is 6.02. The van der Waals surface area contributed by atoms with Crippen molar-refractivity contribution in [1.29, 1.82) is 0 Å². The maximum atomic E-state index is 13.7. The summed E-state index contributed by atoms with van der Waals surface area (Å²) in [4.78, 5) is 32.4. The van der Waals surface area contributed by atoms with Crippen molar-refractivity contribution in [2.45, 2.75) is 65.0 Å². The topological polar surface area (TPSA) is 70.4 Å². The molecule has 0 spiro atoms. The number of nitrogens with zero attached hydrogens (tertiary/aromatic N) is 5. The van der Waals surface area contributed by atoms with Crippen LogP contribution in [-0.2, 0) is 4.74 Å². The van der Waals surface area contributed by atoms with Gasteiger partial charge < -0.3 is 14.5 Å². The van der Waals surface area contributed by atoms with Gasteiger partial charge in [-0.1, -0.05) is 48.9 Å². The largest absolute Gasteiger partial charge is 0.377 e. The molecule has 1 aliphatic carbocycles. The molecule has 1 saturated heterocycles. The number of amides is 1. The minimum absolute atomic E-state index is 0.00811. The van der Waals surface area contributed by atoms with Crippen LogP contribution in [0.2, 0.25) is 0 Å². The second-order valence-corrected chi connectivity index (χ2v) is 10.9. The van der Waals surface area contributed by atoms with Gasteiger partial charge in [-0.15, -0.1) is 0 Å². The summed E-state index contributed by atoms with van der Waals surface area (Å²) >= 11 is 0. The molecule has 0 N–H and O–H groups in total. The quantitative estimate of drug-likeness (QED) is 0.491. The Morgan fingerprint density at radius 3 is 2.79 bits per heavy atom. The molecule has 1 aromatic heterocycles. The number of piperazine rings is 1. The average molecular weight is 528 g/mol. The summed E-state index contributed by atoms with van der Waals surface area (Å²) in [7, 11) is 0. The molecule has 7 heteroatoms. The van der Waals surface area contributed by atoms with Crippen LogP contribution in [-0.4, -0.2) is 77.7 Å². The van der Waals surface area contributed by atoms with Crippen LogP contribution < -0.4 is 0 Å². The molecule has 3 aliphatic heterocycles. The first kappa shape index (κ1) is 27.3. The van der Waals surface area contributed by atoms with E-state index in [2.05, 4.69) is 56.7 Å². The lowest BCUT2D eigenvalue weighted by atomic mass is 9.88. The molecule has 3 unspecified atom stereocenters. The van der Waals surface area contributed by atoms with E-state index in [1.54, 1.807) is 0 Å². The number of aromatic nitrogens is 1. The molecule has 39 heavy (non-hydrogen) atoms. The molecular weight excluding hydrogens is 486 g/mol. The van der Waals surface area contributed by atoms with E-state index < -0.39 is 0 Å². The lowest BCUT2D eigenvalue weighted by Crippen LogP contribution is -2.59. The van der Waals surface area contributed by atoms with E-state index in [1.807, 2.05) is 23.1 Å². The van der Waals surface area contributed by atoms with Crippen LogP contribution in [0.25, 0.3) is 5.57 Å². The highest BCUT2D eigenvalue weighted by atomic mass is 16.5. The Hall–Kier alpha value is -3.32. The SMILES string of the molecule is C=C(C1=NCCC(C2=CC(C)=CCC2)C=N1)N1CCN(C(=O)c2cccc(C3=CCOCC3)n2)C(CC)C1C. The highest BCUT2D eigenvalue weighted by Gasteiger charge is 2.37. The number of carbonyl (C=O) groups excluding carboxylic acids is 1. The van der Waals surface area contributed by atoms with Crippen LogP contribution in [0, 0.1) is 5.92 Å². The first-order valence-corrected chi connectivity index (χ1v) is 14.4. The zero-order chi connectivity index (χ0) is 27.4. The van der Waals surface area contributed by atoms with E-state index >= 15 is 0 Å². The minimum Gasteiger partial charge on any atom is -0.377 e. The second-order valence-electron chi connectivity index (χ2n) is 10.9. The van der Waals surface area contributed by atoms with E-state index in [-0.39, 0.29) is 18.0 Å². The van der Waals surface area contributed by atoms with E-state index in [0.717, 1.165) is 61.4 Å². The van der Waals surface area contributed by atoms with Gasteiger partial charge in [0.1, 0.15) is 5.69 Å². The summed E-state index contributed by atoms with van der Waals surface area (Å²) in [5, 5.41) is 0. The molecule has 1 fully saturated rings. The third-order valence-electron chi connectivity index (χ3n) is 8.44. The standard InChI is InChI=1S/C32H41N5O2/c1-5-30-23(3)36(24(4)31-33-15-12-27(21-34-31)26-9-6-8-22(2)20-26)16-17-37(30)32(38)29-11-7-10-28(35-29)25-13-18-39-19-14-25/h7-8,10-11,13,20-21,23,27,30H,4-6,9,12,14-19H2,1-3H3. The van der Waals surface area contributed by atoms with Crippen LogP contribution in [0.5, 0.6) is 0 Å². The third kappa shape index (κ3) is 5.98. The van der Waals surface area contributed by atoms with Crippen LogP contribution >= 0.6 is 0 Å². The Bertz CT molecular complexity index is 1260. The van der Waals surface area contributed by atoms with Crippen LogP contribution in [0.3, 0.4) is 0 Å². The Morgan fingerprint density at radius 2 is 2.03 bits per heavy atom. The normalized spacial score (nSPS) is 25.8. The number of rotatable bonds is 6. The van der Waals surface area contributed by atoms with Crippen molar-refractivity contribution in [3.8, 4) is 0 Å². The number of hydrogen-bond donors (Lipinski definition) is 0. The lowest BCUT2D eigenvalue weighted by molar-refractivity contribution is 0.0338. The molecule has 0 bridgehead atoms. The molecule has 206 valence electrons. The summed E-state index contributed by atoms with van der Waals surface area (Å²) in [6, 6.07) is 5.88.